The van der Waals surface area contributed by atoms with Crippen molar-refractivity contribution in [2.75, 3.05) is 19.8 Å². The van der Waals surface area contributed by atoms with Crippen LogP contribution in [0.2, 0.25) is 0 Å². The molecule has 0 aromatic rings. The lowest BCUT2D eigenvalue weighted by molar-refractivity contribution is -0.380. The van der Waals surface area contributed by atoms with Crippen molar-refractivity contribution in [1.29, 1.82) is 0 Å². The molecule has 0 unspecified atom stereocenters. The smallest absolute Gasteiger partial charge is 0.282 e. The normalized spacial score (nSPS) is 11.5. The van der Waals surface area contributed by atoms with Crippen molar-refractivity contribution in [2.45, 2.75) is 202 Å². The van der Waals surface area contributed by atoms with Crippen molar-refractivity contribution in [3.8, 4) is 0 Å². The summed E-state index contributed by atoms with van der Waals surface area (Å²) in [6.45, 7) is 14.7. The predicted octanol–water partition coefficient (Wildman–Crippen LogP) is 12.2. The number of ether oxygens (including phenoxy) is 3. The monoisotopic (exact) mass is 529 g/mol. The molecule has 0 rings (SSSR count). The summed E-state index contributed by atoms with van der Waals surface area (Å²) in [5.74, 6) is -0.804. The lowest BCUT2D eigenvalue weighted by atomic mass is 10.0. The fourth-order valence-corrected chi connectivity index (χ4v) is 4.92. The van der Waals surface area contributed by atoms with Crippen molar-refractivity contribution in [3.05, 3.63) is 0 Å². The molecule has 226 valence electrons. The molecule has 0 heterocycles. The minimum absolute atomic E-state index is 0.622. The van der Waals surface area contributed by atoms with E-state index in [4.69, 9.17) is 14.2 Å². The van der Waals surface area contributed by atoms with Gasteiger partial charge < -0.3 is 14.2 Å². The molecule has 0 bridgehead atoms. The second-order valence-electron chi connectivity index (χ2n) is 10.8. The van der Waals surface area contributed by atoms with Crippen LogP contribution in [0.4, 0.5) is 0 Å². The third-order valence-electron chi connectivity index (χ3n) is 7.14. The summed E-state index contributed by atoms with van der Waals surface area (Å²) in [5, 5.41) is 0. The van der Waals surface area contributed by atoms with Gasteiger partial charge in [0.25, 0.3) is 5.97 Å². The van der Waals surface area contributed by atoms with Crippen LogP contribution in [-0.4, -0.2) is 25.8 Å². The third-order valence-corrected chi connectivity index (χ3v) is 7.14. The Kier molecular flexibility index (Phi) is 35.8. The zero-order chi connectivity index (χ0) is 27.7. The van der Waals surface area contributed by atoms with Crippen LogP contribution in [0.15, 0.2) is 0 Å². The molecule has 37 heavy (non-hydrogen) atoms. The summed E-state index contributed by atoms with van der Waals surface area (Å²) in [6.07, 6.45) is 33.3. The molecule has 0 N–H and O–H groups in total. The lowest BCUT2D eigenvalue weighted by Crippen LogP contribution is -2.39. The van der Waals surface area contributed by atoms with E-state index in [1.807, 2.05) is 20.8 Å². The van der Waals surface area contributed by atoms with Gasteiger partial charge in [-0.2, -0.15) is 0 Å². The maximum Gasteiger partial charge on any atom is 0.282 e. The van der Waals surface area contributed by atoms with Gasteiger partial charge in [-0.05, 0) is 27.2 Å². The zero-order valence-electron chi connectivity index (χ0n) is 26.8. The maximum atomic E-state index is 5.71. The molecule has 0 saturated heterocycles. The molecule has 0 fully saturated rings. The molecule has 0 aliphatic rings. The highest BCUT2D eigenvalue weighted by molar-refractivity contribution is 4.59. The van der Waals surface area contributed by atoms with Gasteiger partial charge in [0.15, 0.2) is 0 Å². The molecular weight excluding hydrogens is 456 g/mol. The van der Waals surface area contributed by atoms with Crippen molar-refractivity contribution in [3.63, 3.8) is 0 Å². The molecule has 0 aliphatic carbocycles. The molecule has 3 nitrogen and oxygen atoms in total. The highest BCUT2D eigenvalue weighted by Gasteiger charge is 2.31. The minimum Gasteiger partial charge on any atom is -0.328 e. The first-order valence-corrected chi connectivity index (χ1v) is 17.1. The van der Waals surface area contributed by atoms with Gasteiger partial charge in [-0.25, -0.2) is 0 Å². The Morgan fingerprint density at radius 2 is 0.514 bits per heavy atom. The summed E-state index contributed by atoms with van der Waals surface area (Å²) in [6, 6.07) is 0. The van der Waals surface area contributed by atoms with Crippen LogP contribution in [0.1, 0.15) is 196 Å². The summed E-state index contributed by atoms with van der Waals surface area (Å²) < 4.78 is 17.1. The Bertz CT molecular complexity index is 352. The molecule has 0 saturated carbocycles. The van der Waals surface area contributed by atoms with Crippen LogP contribution in [-0.2, 0) is 14.2 Å². The van der Waals surface area contributed by atoms with Crippen molar-refractivity contribution in [1.82, 2.24) is 0 Å². The van der Waals surface area contributed by atoms with E-state index in [1.165, 1.54) is 141 Å². The zero-order valence-corrected chi connectivity index (χ0v) is 26.8. The number of hydrogen-bond donors (Lipinski definition) is 0. The summed E-state index contributed by atoms with van der Waals surface area (Å²) in [7, 11) is 0. The number of hydrogen-bond acceptors (Lipinski definition) is 3. The van der Waals surface area contributed by atoms with E-state index in [-0.39, 0.29) is 0 Å². The van der Waals surface area contributed by atoms with Crippen molar-refractivity contribution >= 4 is 0 Å². The Morgan fingerprint density at radius 3 is 0.730 bits per heavy atom. The first-order valence-electron chi connectivity index (χ1n) is 17.1. The lowest BCUT2D eigenvalue weighted by Gasteiger charge is -2.32. The highest BCUT2D eigenvalue weighted by atomic mass is 16.9. The second kappa shape index (κ2) is 33.9. The van der Waals surface area contributed by atoms with Gasteiger partial charge in [-0.3, -0.25) is 0 Å². The molecule has 0 atom stereocenters. The molecule has 0 radical (unpaired) electrons. The van der Waals surface area contributed by atoms with Crippen LogP contribution in [0, 0.1) is 0 Å². The minimum atomic E-state index is -0.804. The van der Waals surface area contributed by atoms with Crippen molar-refractivity contribution < 1.29 is 14.2 Å². The first-order chi connectivity index (χ1) is 18.2. The fraction of sp³-hybridized carbons (Fsp3) is 1.00. The van der Waals surface area contributed by atoms with Gasteiger partial charge in [0, 0.05) is 26.2 Å². The third kappa shape index (κ3) is 30.3. The second-order valence-corrected chi connectivity index (χ2v) is 10.8. The largest absolute Gasteiger partial charge is 0.328 e. The van der Waals surface area contributed by atoms with Gasteiger partial charge in [0.05, 0.1) is 0 Å². The van der Waals surface area contributed by atoms with Crippen LogP contribution in [0.3, 0.4) is 0 Å². The van der Waals surface area contributed by atoms with Crippen LogP contribution >= 0.6 is 0 Å². The summed E-state index contributed by atoms with van der Waals surface area (Å²) >= 11 is 0. The van der Waals surface area contributed by atoms with Gasteiger partial charge >= 0.3 is 0 Å². The SMILES string of the molecule is CCCCCCCCCC(OCC)(OCC)OCC.CCCCCCCCCCCCCCCCCC. The van der Waals surface area contributed by atoms with Crippen LogP contribution in [0.25, 0.3) is 0 Å². The maximum absolute atomic E-state index is 5.71. The van der Waals surface area contributed by atoms with Gasteiger partial charge in [0.2, 0.25) is 0 Å². The highest BCUT2D eigenvalue weighted by Crippen LogP contribution is 2.24. The van der Waals surface area contributed by atoms with Gasteiger partial charge in [-0.1, -0.05) is 162 Å². The summed E-state index contributed by atoms with van der Waals surface area (Å²) in [4.78, 5) is 0. The standard InChI is InChI=1S/C18H38.C16H34O3/c1-3-5-7-9-11-13-15-17-18-16-14-12-10-8-6-4-2;1-5-9-10-11-12-13-14-15-16(17-6-2,18-7-3)19-8-4/h3-18H2,1-2H3;5-15H2,1-4H3. The van der Waals surface area contributed by atoms with Gasteiger partial charge in [0.1, 0.15) is 0 Å². The predicted molar refractivity (Wildman–Crippen MR) is 165 cm³/mol. The van der Waals surface area contributed by atoms with Crippen LogP contribution in [0.5, 0.6) is 0 Å². The molecular formula is C34H72O3. The Balaban J connectivity index is 0. The topological polar surface area (TPSA) is 27.7 Å². The molecule has 3 heteroatoms. The molecule has 0 aliphatic heterocycles. The van der Waals surface area contributed by atoms with Crippen LogP contribution < -0.4 is 0 Å². The van der Waals surface area contributed by atoms with E-state index >= 15 is 0 Å². The molecule has 0 aromatic heterocycles. The Hall–Kier alpha value is -0.120. The molecule has 0 spiro atoms. The fourth-order valence-electron chi connectivity index (χ4n) is 4.92. The van der Waals surface area contributed by atoms with E-state index in [1.54, 1.807) is 0 Å². The number of rotatable bonds is 29. The Morgan fingerprint density at radius 1 is 0.297 bits per heavy atom. The Labute approximate surface area is 235 Å². The average molecular weight is 529 g/mol. The molecule has 0 amide bonds. The van der Waals surface area contributed by atoms with Crippen molar-refractivity contribution in [2.24, 2.45) is 0 Å². The number of unbranched alkanes of at least 4 members (excludes halogenated alkanes) is 21. The quantitative estimate of drug-likeness (QED) is 0.0713. The van der Waals surface area contributed by atoms with E-state index in [0.717, 1.165) is 12.8 Å². The molecule has 0 aromatic carbocycles. The first kappa shape index (κ1) is 39.0. The van der Waals surface area contributed by atoms with E-state index in [0.29, 0.717) is 19.8 Å². The summed E-state index contributed by atoms with van der Waals surface area (Å²) in [5.41, 5.74) is 0. The van der Waals surface area contributed by atoms with E-state index < -0.39 is 5.97 Å². The van der Waals surface area contributed by atoms with Gasteiger partial charge in [-0.15, -0.1) is 0 Å². The van der Waals surface area contributed by atoms with E-state index in [2.05, 4.69) is 20.8 Å². The van der Waals surface area contributed by atoms with E-state index in [9.17, 15) is 0 Å². The average Bonchev–Trinajstić information content (AvgIpc) is 2.89.